The van der Waals surface area contributed by atoms with Gasteiger partial charge in [-0.25, -0.2) is 4.39 Å². The molecule has 0 aliphatic heterocycles. The van der Waals surface area contributed by atoms with Crippen molar-refractivity contribution in [3.05, 3.63) is 64.0 Å². The van der Waals surface area contributed by atoms with Crippen LogP contribution in [0.4, 0.5) is 4.39 Å². The van der Waals surface area contributed by atoms with E-state index in [4.69, 9.17) is 4.74 Å². The van der Waals surface area contributed by atoms with Crippen LogP contribution in [0.15, 0.2) is 30.3 Å². The van der Waals surface area contributed by atoms with E-state index in [1.165, 1.54) is 19.2 Å². The van der Waals surface area contributed by atoms with Crippen molar-refractivity contribution in [1.82, 2.24) is 0 Å². The summed E-state index contributed by atoms with van der Waals surface area (Å²) >= 11 is 0. The van der Waals surface area contributed by atoms with E-state index >= 15 is 0 Å². The summed E-state index contributed by atoms with van der Waals surface area (Å²) in [7, 11) is 1.40. The number of methoxy groups -OCH3 is 1. The van der Waals surface area contributed by atoms with Gasteiger partial charge in [-0.1, -0.05) is 6.07 Å². The molecule has 0 heterocycles. The van der Waals surface area contributed by atoms with Gasteiger partial charge < -0.3 is 4.74 Å². The van der Waals surface area contributed by atoms with Gasteiger partial charge in [0, 0.05) is 11.1 Å². The second-order valence-corrected chi connectivity index (χ2v) is 4.93. The number of rotatable bonds is 3. The first-order chi connectivity index (χ1) is 9.43. The van der Waals surface area contributed by atoms with E-state index in [0.29, 0.717) is 11.1 Å². The molecule has 0 amide bonds. The highest BCUT2D eigenvalue weighted by atomic mass is 19.1. The molecule has 0 unspecified atom stereocenters. The normalized spacial score (nSPS) is 10.4. The fourth-order valence-corrected chi connectivity index (χ4v) is 2.17. The lowest BCUT2D eigenvalue weighted by Crippen LogP contribution is -2.06. The second-order valence-electron chi connectivity index (χ2n) is 4.93. The van der Waals surface area contributed by atoms with Gasteiger partial charge in [0.05, 0.1) is 7.11 Å². The summed E-state index contributed by atoms with van der Waals surface area (Å²) in [6.07, 6.45) is 0. The lowest BCUT2D eigenvalue weighted by molar-refractivity contribution is 0.103. The molecule has 0 bridgehead atoms. The van der Waals surface area contributed by atoms with Gasteiger partial charge in [0.2, 0.25) is 0 Å². The topological polar surface area (TPSA) is 26.3 Å². The zero-order valence-corrected chi connectivity index (χ0v) is 12.1. The number of carbonyl (C=O) groups is 1. The Morgan fingerprint density at radius 1 is 1.00 bits per heavy atom. The molecule has 2 nitrogen and oxygen atoms in total. The summed E-state index contributed by atoms with van der Waals surface area (Å²) in [5, 5.41) is 0. The average Bonchev–Trinajstić information content (AvgIpc) is 2.42. The maximum absolute atomic E-state index is 13.7. The summed E-state index contributed by atoms with van der Waals surface area (Å²) < 4.78 is 18.6. The molecule has 2 rings (SSSR count). The van der Waals surface area contributed by atoms with Crippen LogP contribution in [0.2, 0.25) is 0 Å². The quantitative estimate of drug-likeness (QED) is 0.790. The maximum Gasteiger partial charge on any atom is 0.193 e. The number of halogens is 1. The van der Waals surface area contributed by atoms with Gasteiger partial charge in [-0.3, -0.25) is 4.79 Å². The Morgan fingerprint density at radius 2 is 1.65 bits per heavy atom. The number of benzene rings is 2. The largest absolute Gasteiger partial charge is 0.494 e. The first-order valence-corrected chi connectivity index (χ1v) is 6.40. The van der Waals surface area contributed by atoms with Crippen molar-refractivity contribution in [2.45, 2.75) is 20.8 Å². The maximum atomic E-state index is 13.7. The van der Waals surface area contributed by atoms with Crippen molar-refractivity contribution in [2.24, 2.45) is 0 Å². The molecular formula is C17H17FO2. The van der Waals surface area contributed by atoms with Crippen molar-refractivity contribution in [3.8, 4) is 5.75 Å². The van der Waals surface area contributed by atoms with E-state index in [1.54, 1.807) is 6.07 Å². The summed E-state index contributed by atoms with van der Waals surface area (Å²) in [5.41, 5.74) is 4.02. The molecule has 0 spiro atoms. The van der Waals surface area contributed by atoms with Crippen molar-refractivity contribution in [2.75, 3.05) is 7.11 Å². The molecule has 2 aromatic carbocycles. The van der Waals surface area contributed by atoms with Crippen LogP contribution in [0.1, 0.15) is 32.6 Å². The van der Waals surface area contributed by atoms with Crippen LogP contribution >= 0.6 is 0 Å². The van der Waals surface area contributed by atoms with Crippen LogP contribution in [-0.2, 0) is 0 Å². The fraction of sp³-hybridized carbons (Fsp3) is 0.235. The van der Waals surface area contributed by atoms with Crippen molar-refractivity contribution in [1.29, 1.82) is 0 Å². The molecule has 0 aliphatic rings. The molecule has 0 radical (unpaired) electrons. The Labute approximate surface area is 118 Å². The lowest BCUT2D eigenvalue weighted by Gasteiger charge is -2.10. The lowest BCUT2D eigenvalue weighted by atomic mass is 9.95. The molecule has 0 atom stereocenters. The fourth-order valence-electron chi connectivity index (χ4n) is 2.17. The monoisotopic (exact) mass is 272 g/mol. The summed E-state index contributed by atoms with van der Waals surface area (Å²) in [6, 6.07) is 8.10. The number of carbonyl (C=O) groups excluding carboxylic acids is 1. The third-order valence-corrected chi connectivity index (χ3v) is 3.50. The second kappa shape index (κ2) is 5.45. The van der Waals surface area contributed by atoms with Crippen LogP contribution in [0.5, 0.6) is 5.75 Å². The Kier molecular flexibility index (Phi) is 3.89. The molecule has 0 fully saturated rings. The summed E-state index contributed by atoms with van der Waals surface area (Å²) in [4.78, 5) is 12.5. The number of ether oxygens (including phenoxy) is 1. The van der Waals surface area contributed by atoms with Crippen LogP contribution in [-0.4, -0.2) is 12.9 Å². The molecule has 2 aromatic rings. The van der Waals surface area contributed by atoms with Gasteiger partial charge in [0.1, 0.15) is 0 Å². The molecule has 0 saturated heterocycles. The molecule has 3 heteroatoms. The molecular weight excluding hydrogens is 255 g/mol. The van der Waals surface area contributed by atoms with Crippen molar-refractivity contribution in [3.63, 3.8) is 0 Å². The van der Waals surface area contributed by atoms with E-state index in [-0.39, 0.29) is 11.5 Å². The first-order valence-electron chi connectivity index (χ1n) is 6.40. The molecule has 0 aliphatic carbocycles. The van der Waals surface area contributed by atoms with Gasteiger partial charge in [-0.15, -0.1) is 0 Å². The van der Waals surface area contributed by atoms with Gasteiger partial charge in [0.25, 0.3) is 0 Å². The Bertz CT molecular complexity index is 675. The highest BCUT2D eigenvalue weighted by Gasteiger charge is 2.15. The minimum absolute atomic E-state index is 0.137. The molecule has 104 valence electrons. The third kappa shape index (κ3) is 2.57. The zero-order valence-electron chi connectivity index (χ0n) is 12.1. The van der Waals surface area contributed by atoms with Crippen LogP contribution in [0.3, 0.4) is 0 Å². The van der Waals surface area contributed by atoms with E-state index < -0.39 is 5.82 Å². The minimum Gasteiger partial charge on any atom is -0.494 e. The first kappa shape index (κ1) is 14.3. The van der Waals surface area contributed by atoms with Gasteiger partial charge in [-0.2, -0.15) is 0 Å². The highest BCUT2D eigenvalue weighted by Crippen LogP contribution is 2.22. The molecule has 0 aromatic heterocycles. The SMILES string of the molecule is COc1ccc(C(=O)c2cc(C)c(C)cc2C)cc1F. The molecule has 20 heavy (non-hydrogen) atoms. The van der Waals surface area contributed by atoms with Crippen LogP contribution in [0.25, 0.3) is 0 Å². The smallest absolute Gasteiger partial charge is 0.193 e. The third-order valence-electron chi connectivity index (χ3n) is 3.50. The van der Waals surface area contributed by atoms with Crippen LogP contribution in [0, 0.1) is 26.6 Å². The van der Waals surface area contributed by atoms with E-state index in [1.807, 2.05) is 32.9 Å². The Balaban J connectivity index is 2.46. The average molecular weight is 272 g/mol. The molecule has 0 N–H and O–H groups in total. The zero-order chi connectivity index (χ0) is 14.9. The van der Waals surface area contributed by atoms with E-state index in [9.17, 15) is 9.18 Å². The number of hydrogen-bond donors (Lipinski definition) is 0. The Hall–Kier alpha value is -2.16. The molecule has 0 saturated carbocycles. The summed E-state index contributed by atoms with van der Waals surface area (Å²) in [5.74, 6) is -0.564. The highest BCUT2D eigenvalue weighted by molar-refractivity contribution is 6.10. The van der Waals surface area contributed by atoms with Crippen molar-refractivity contribution >= 4 is 5.78 Å². The number of ketones is 1. The number of aryl methyl sites for hydroxylation is 3. The van der Waals surface area contributed by atoms with Gasteiger partial charge >= 0.3 is 0 Å². The minimum atomic E-state index is -0.528. The van der Waals surface area contributed by atoms with E-state index in [0.717, 1.165) is 16.7 Å². The van der Waals surface area contributed by atoms with Crippen molar-refractivity contribution < 1.29 is 13.9 Å². The van der Waals surface area contributed by atoms with E-state index in [2.05, 4.69) is 0 Å². The van der Waals surface area contributed by atoms with Crippen LogP contribution < -0.4 is 4.74 Å². The summed E-state index contributed by atoms with van der Waals surface area (Å²) in [6.45, 7) is 5.85. The number of hydrogen-bond acceptors (Lipinski definition) is 2. The Morgan fingerprint density at radius 3 is 2.25 bits per heavy atom. The predicted octanol–water partition coefficient (Wildman–Crippen LogP) is 3.99. The predicted molar refractivity (Wildman–Crippen MR) is 77.0 cm³/mol. The standard InChI is InChI=1S/C17H17FO2/c1-10-7-12(3)14(8-11(10)2)17(19)13-5-6-16(20-4)15(18)9-13/h5-9H,1-4H3. The van der Waals surface area contributed by atoms with Gasteiger partial charge in [0.15, 0.2) is 17.3 Å². The van der Waals surface area contributed by atoms with Gasteiger partial charge in [-0.05, 0) is 61.7 Å².